The van der Waals surface area contributed by atoms with E-state index in [1.54, 1.807) is 0 Å². The fourth-order valence-corrected chi connectivity index (χ4v) is 2.86. The van der Waals surface area contributed by atoms with E-state index in [0.29, 0.717) is 22.5 Å². The fraction of sp³-hybridized carbons (Fsp3) is 0.0667. The molecule has 0 aliphatic carbocycles. The number of benzene rings is 1. The summed E-state index contributed by atoms with van der Waals surface area (Å²) in [5, 5.41) is 4.82. The molecule has 8 heteroatoms. The molecule has 0 aliphatic heterocycles. The number of rotatable bonds is 3. The number of hydrogen-bond acceptors (Lipinski definition) is 7. The number of hydrogen-bond donors (Lipinski definition) is 1. The SMILES string of the molecule is Cc1ccc(-c2nc3nc(Sc4ccccc4)nc(N)n3n2)o1. The van der Waals surface area contributed by atoms with Crippen LogP contribution in [0, 0.1) is 6.92 Å². The number of nitrogens with two attached hydrogens (primary N) is 1. The van der Waals surface area contributed by atoms with Gasteiger partial charge in [-0.1, -0.05) is 18.2 Å². The first-order chi connectivity index (χ1) is 11.2. The average Bonchev–Trinajstić information content (AvgIpc) is 3.14. The first-order valence-corrected chi connectivity index (χ1v) is 7.71. The molecule has 0 radical (unpaired) electrons. The van der Waals surface area contributed by atoms with Gasteiger partial charge in [-0.25, -0.2) is 0 Å². The van der Waals surface area contributed by atoms with Crippen molar-refractivity contribution >= 4 is 23.5 Å². The summed E-state index contributed by atoms with van der Waals surface area (Å²) in [6.07, 6.45) is 0. The number of aromatic nitrogens is 5. The molecule has 114 valence electrons. The predicted molar refractivity (Wildman–Crippen MR) is 86.0 cm³/mol. The van der Waals surface area contributed by atoms with Gasteiger partial charge in [0.1, 0.15) is 5.76 Å². The monoisotopic (exact) mass is 324 g/mol. The second-order valence-corrected chi connectivity index (χ2v) is 5.88. The highest BCUT2D eigenvalue weighted by Crippen LogP contribution is 2.26. The largest absolute Gasteiger partial charge is 0.458 e. The normalized spacial score (nSPS) is 11.2. The van der Waals surface area contributed by atoms with Crippen molar-refractivity contribution < 1.29 is 4.42 Å². The lowest BCUT2D eigenvalue weighted by molar-refractivity contribution is 0.544. The predicted octanol–water partition coefficient (Wildman–Crippen LogP) is 2.82. The van der Waals surface area contributed by atoms with E-state index >= 15 is 0 Å². The molecule has 0 unspecified atom stereocenters. The van der Waals surface area contributed by atoms with E-state index in [-0.39, 0.29) is 5.95 Å². The Morgan fingerprint density at radius 2 is 1.87 bits per heavy atom. The van der Waals surface area contributed by atoms with Crippen LogP contribution in [0.1, 0.15) is 5.76 Å². The van der Waals surface area contributed by atoms with E-state index in [9.17, 15) is 0 Å². The minimum Gasteiger partial charge on any atom is -0.458 e. The van der Waals surface area contributed by atoms with Crippen molar-refractivity contribution in [3.05, 3.63) is 48.2 Å². The molecule has 0 amide bonds. The van der Waals surface area contributed by atoms with Crippen molar-refractivity contribution in [3.63, 3.8) is 0 Å². The smallest absolute Gasteiger partial charge is 0.258 e. The number of furan rings is 1. The molecule has 2 N–H and O–H groups in total. The lowest BCUT2D eigenvalue weighted by Gasteiger charge is -2.01. The Bertz CT molecular complexity index is 978. The topological polar surface area (TPSA) is 95.1 Å². The highest BCUT2D eigenvalue weighted by molar-refractivity contribution is 7.99. The molecule has 0 spiro atoms. The van der Waals surface area contributed by atoms with Crippen LogP contribution in [0.5, 0.6) is 0 Å². The third-order valence-electron chi connectivity index (χ3n) is 3.13. The first kappa shape index (κ1) is 13.8. The van der Waals surface area contributed by atoms with Gasteiger partial charge in [-0.2, -0.15) is 19.5 Å². The highest BCUT2D eigenvalue weighted by Gasteiger charge is 2.14. The molecule has 1 aromatic carbocycles. The average molecular weight is 324 g/mol. The summed E-state index contributed by atoms with van der Waals surface area (Å²) in [6, 6.07) is 13.5. The Labute approximate surface area is 135 Å². The quantitative estimate of drug-likeness (QED) is 0.619. The zero-order valence-electron chi connectivity index (χ0n) is 12.2. The van der Waals surface area contributed by atoms with Gasteiger partial charge in [-0.05, 0) is 43.0 Å². The van der Waals surface area contributed by atoms with Crippen LogP contribution in [0.4, 0.5) is 5.95 Å². The molecule has 23 heavy (non-hydrogen) atoms. The van der Waals surface area contributed by atoms with E-state index in [0.717, 1.165) is 10.7 Å². The number of anilines is 1. The van der Waals surface area contributed by atoms with Crippen LogP contribution in [0.3, 0.4) is 0 Å². The summed E-state index contributed by atoms with van der Waals surface area (Å²) in [5.41, 5.74) is 5.97. The van der Waals surface area contributed by atoms with Gasteiger partial charge in [0.15, 0.2) is 10.9 Å². The summed E-state index contributed by atoms with van der Waals surface area (Å²) in [5.74, 6) is 2.42. The number of nitrogens with zero attached hydrogens (tertiary/aromatic N) is 5. The molecule has 0 atom stereocenters. The van der Waals surface area contributed by atoms with Gasteiger partial charge in [0, 0.05) is 4.90 Å². The molecule has 7 nitrogen and oxygen atoms in total. The Balaban J connectivity index is 1.75. The van der Waals surface area contributed by atoms with E-state index in [1.165, 1.54) is 16.3 Å². The van der Waals surface area contributed by atoms with Gasteiger partial charge < -0.3 is 10.2 Å². The second-order valence-electron chi connectivity index (χ2n) is 4.84. The maximum Gasteiger partial charge on any atom is 0.258 e. The molecule has 0 saturated heterocycles. The summed E-state index contributed by atoms with van der Waals surface area (Å²) in [7, 11) is 0. The molecule has 4 rings (SSSR count). The van der Waals surface area contributed by atoms with E-state index in [4.69, 9.17) is 10.2 Å². The second kappa shape index (κ2) is 5.40. The first-order valence-electron chi connectivity index (χ1n) is 6.89. The van der Waals surface area contributed by atoms with Crippen molar-refractivity contribution in [1.82, 2.24) is 24.6 Å². The van der Waals surface area contributed by atoms with Gasteiger partial charge in [-0.3, -0.25) is 0 Å². The van der Waals surface area contributed by atoms with E-state index < -0.39 is 0 Å². The lowest BCUT2D eigenvalue weighted by atomic mass is 10.4. The van der Waals surface area contributed by atoms with Crippen LogP contribution >= 0.6 is 11.8 Å². The molecule has 0 fully saturated rings. The molecule has 3 aromatic heterocycles. The van der Waals surface area contributed by atoms with Crippen LogP contribution in [-0.2, 0) is 0 Å². The third-order valence-corrected chi connectivity index (χ3v) is 4.00. The number of fused-ring (bicyclic) bond motifs is 1. The maximum atomic E-state index is 5.97. The van der Waals surface area contributed by atoms with Gasteiger partial charge >= 0.3 is 0 Å². The van der Waals surface area contributed by atoms with Gasteiger partial charge in [0.2, 0.25) is 11.8 Å². The van der Waals surface area contributed by atoms with Gasteiger partial charge in [-0.15, -0.1) is 5.10 Å². The molecule has 4 aromatic rings. The Kier molecular flexibility index (Phi) is 3.23. The number of nitrogen functional groups attached to an aromatic ring is 1. The molecular weight excluding hydrogens is 312 g/mol. The third kappa shape index (κ3) is 2.64. The fourth-order valence-electron chi connectivity index (χ4n) is 2.08. The summed E-state index contributed by atoms with van der Waals surface area (Å²) in [4.78, 5) is 14.1. The van der Waals surface area contributed by atoms with Gasteiger partial charge in [0.05, 0.1) is 0 Å². The van der Waals surface area contributed by atoms with Crippen molar-refractivity contribution in [3.8, 4) is 11.6 Å². The van der Waals surface area contributed by atoms with Crippen LogP contribution in [-0.4, -0.2) is 24.6 Å². The van der Waals surface area contributed by atoms with Crippen molar-refractivity contribution in [2.45, 2.75) is 17.0 Å². The summed E-state index contributed by atoms with van der Waals surface area (Å²) < 4.78 is 6.94. The van der Waals surface area contributed by atoms with Crippen LogP contribution in [0.25, 0.3) is 17.4 Å². The highest BCUT2D eigenvalue weighted by atomic mass is 32.2. The van der Waals surface area contributed by atoms with Crippen molar-refractivity contribution in [1.29, 1.82) is 0 Å². The van der Waals surface area contributed by atoms with Gasteiger partial charge in [0.25, 0.3) is 5.78 Å². The minimum absolute atomic E-state index is 0.232. The zero-order chi connectivity index (χ0) is 15.8. The number of aryl methyl sites for hydroxylation is 1. The molecule has 0 aliphatic rings. The maximum absolute atomic E-state index is 5.97. The Hall–Kier alpha value is -2.87. The molecule has 3 heterocycles. The van der Waals surface area contributed by atoms with Crippen molar-refractivity contribution in [2.24, 2.45) is 0 Å². The van der Waals surface area contributed by atoms with Crippen LogP contribution in [0.15, 0.2) is 56.9 Å². The minimum atomic E-state index is 0.232. The van der Waals surface area contributed by atoms with Crippen LogP contribution < -0.4 is 5.73 Å². The Morgan fingerprint density at radius 3 is 2.61 bits per heavy atom. The molecule has 0 saturated carbocycles. The molecule has 0 bridgehead atoms. The molecular formula is C15H12N6OS. The standard InChI is InChI=1S/C15H12N6OS/c1-9-7-8-11(22-9)12-17-14-19-15(18-13(16)21(14)20-12)23-10-5-3-2-4-6-10/h2-8H,1H3,(H2,16,17,18,19,20). The zero-order valence-corrected chi connectivity index (χ0v) is 13.0. The summed E-state index contributed by atoms with van der Waals surface area (Å²) >= 11 is 1.42. The summed E-state index contributed by atoms with van der Waals surface area (Å²) in [6.45, 7) is 1.86. The van der Waals surface area contributed by atoms with Crippen molar-refractivity contribution in [2.75, 3.05) is 5.73 Å². The van der Waals surface area contributed by atoms with E-state index in [2.05, 4.69) is 20.1 Å². The lowest BCUT2D eigenvalue weighted by Crippen LogP contribution is -2.05. The van der Waals surface area contributed by atoms with Crippen LogP contribution in [0.2, 0.25) is 0 Å². The van der Waals surface area contributed by atoms with E-state index in [1.807, 2.05) is 49.4 Å². The Morgan fingerprint density at radius 1 is 1.04 bits per heavy atom.